The number of para-hydroxylation sites is 1. The first kappa shape index (κ1) is 21.5. The van der Waals surface area contributed by atoms with E-state index in [1.807, 2.05) is 0 Å². The van der Waals surface area contributed by atoms with Crippen LogP contribution < -0.4 is 21.3 Å². The number of benzene rings is 2. The molecule has 3 aromatic rings. The molecule has 2 aromatic carbocycles. The van der Waals surface area contributed by atoms with Crippen molar-refractivity contribution in [3.63, 3.8) is 0 Å². The first-order chi connectivity index (χ1) is 14.3. The normalized spacial score (nSPS) is 12.0. The Morgan fingerprint density at radius 3 is 2.47 bits per heavy atom. The predicted molar refractivity (Wildman–Crippen MR) is 115 cm³/mol. The van der Waals surface area contributed by atoms with Crippen LogP contribution in [0.2, 0.25) is 5.02 Å². The van der Waals surface area contributed by atoms with Crippen LogP contribution in [-0.4, -0.2) is 22.6 Å². The predicted octanol–water partition coefficient (Wildman–Crippen LogP) is 2.52. The number of hydrogen-bond donors (Lipinski definition) is 2. The van der Waals surface area contributed by atoms with Gasteiger partial charge in [-0.3, -0.25) is 9.59 Å². The fourth-order valence-corrected chi connectivity index (χ4v) is 2.92. The third-order valence-electron chi connectivity index (χ3n) is 4.67. The Balaban J connectivity index is 1.93. The molecule has 7 nitrogen and oxygen atoms in total. The van der Waals surface area contributed by atoms with Crippen molar-refractivity contribution >= 4 is 34.4 Å². The molecule has 0 spiro atoms. The number of pyridine rings is 1. The van der Waals surface area contributed by atoms with Crippen molar-refractivity contribution in [1.29, 1.82) is 0 Å². The van der Waals surface area contributed by atoms with Gasteiger partial charge in [-0.2, -0.15) is 4.73 Å². The van der Waals surface area contributed by atoms with E-state index >= 15 is 0 Å². The molecule has 3 N–H and O–H groups in total. The lowest BCUT2D eigenvalue weighted by atomic mass is 10.1. The highest BCUT2D eigenvalue weighted by Gasteiger charge is 2.22. The zero-order chi connectivity index (χ0) is 21.8. The molecule has 3 rings (SSSR count). The van der Waals surface area contributed by atoms with E-state index < -0.39 is 23.3 Å². The molecule has 0 aliphatic carbocycles. The number of nitrogens with zero attached hydrogens (tertiary/aromatic N) is 1. The van der Waals surface area contributed by atoms with Crippen LogP contribution in [0.25, 0.3) is 10.9 Å². The third kappa shape index (κ3) is 4.69. The summed E-state index contributed by atoms with van der Waals surface area (Å²) in [6.07, 6.45) is 1.22. The molecule has 0 saturated heterocycles. The molecule has 30 heavy (non-hydrogen) atoms. The van der Waals surface area contributed by atoms with Crippen LogP contribution in [0.1, 0.15) is 29.8 Å². The summed E-state index contributed by atoms with van der Waals surface area (Å²) in [5, 5.41) is 3.54. The number of fused-ring (bicyclic) bond motifs is 1. The second-order valence-electron chi connectivity index (χ2n) is 7.20. The highest BCUT2D eigenvalue weighted by molar-refractivity contribution is 6.30. The Kier molecular flexibility index (Phi) is 6.54. The van der Waals surface area contributed by atoms with Gasteiger partial charge in [0.15, 0.2) is 0 Å². The van der Waals surface area contributed by atoms with Crippen LogP contribution in [0.3, 0.4) is 0 Å². The van der Waals surface area contributed by atoms with Crippen LogP contribution >= 0.6 is 11.6 Å². The van der Waals surface area contributed by atoms with Gasteiger partial charge in [0.2, 0.25) is 5.43 Å². The minimum absolute atomic E-state index is 0.134. The largest absolute Gasteiger partial charge is 0.349 e. The van der Waals surface area contributed by atoms with E-state index in [0.29, 0.717) is 10.5 Å². The zero-order valence-corrected chi connectivity index (χ0v) is 17.3. The topological polar surface area (TPSA) is 103 Å². The second-order valence-corrected chi connectivity index (χ2v) is 7.64. The molecule has 1 amide bonds. The first-order valence-electron chi connectivity index (χ1n) is 9.42. The van der Waals surface area contributed by atoms with Crippen molar-refractivity contribution in [2.45, 2.75) is 26.4 Å². The van der Waals surface area contributed by atoms with Crippen molar-refractivity contribution in [2.75, 3.05) is 0 Å². The van der Waals surface area contributed by atoms with Crippen molar-refractivity contribution in [1.82, 2.24) is 10.0 Å². The highest BCUT2D eigenvalue weighted by Crippen LogP contribution is 2.12. The van der Waals surface area contributed by atoms with Crippen LogP contribution in [0.15, 0.2) is 59.5 Å². The number of halogens is 1. The van der Waals surface area contributed by atoms with Gasteiger partial charge in [0.05, 0.1) is 11.7 Å². The summed E-state index contributed by atoms with van der Waals surface area (Å²) in [5.41, 5.74) is 6.45. The Hall–Kier alpha value is -3.16. The highest BCUT2D eigenvalue weighted by atomic mass is 35.5. The lowest BCUT2D eigenvalue weighted by Crippen LogP contribution is -2.42. The third-order valence-corrected chi connectivity index (χ3v) is 4.92. The van der Waals surface area contributed by atoms with Crippen molar-refractivity contribution < 1.29 is 14.4 Å². The molecule has 1 atom stereocenters. The second kappa shape index (κ2) is 9.11. The Bertz CT molecular complexity index is 1140. The molecular weight excluding hydrogens is 406 g/mol. The van der Waals surface area contributed by atoms with Gasteiger partial charge < -0.3 is 15.9 Å². The monoisotopic (exact) mass is 427 g/mol. The summed E-state index contributed by atoms with van der Waals surface area (Å²) in [7, 11) is 0. The molecule has 0 aliphatic heterocycles. The Morgan fingerprint density at radius 1 is 1.13 bits per heavy atom. The van der Waals surface area contributed by atoms with Crippen molar-refractivity contribution in [3.05, 3.63) is 81.1 Å². The molecule has 0 saturated carbocycles. The van der Waals surface area contributed by atoms with E-state index in [9.17, 15) is 14.4 Å². The van der Waals surface area contributed by atoms with E-state index in [0.717, 1.165) is 10.3 Å². The van der Waals surface area contributed by atoms with Crippen LogP contribution in [0.5, 0.6) is 0 Å². The molecule has 1 aromatic heterocycles. The van der Waals surface area contributed by atoms with Gasteiger partial charge in [-0.1, -0.05) is 49.7 Å². The molecule has 1 heterocycles. The SMILES string of the molecule is CC(C)[C@H](N)C(=O)On1cc(C(=O)NCc2ccc(Cl)cc2)c(=O)c2ccccc21. The summed E-state index contributed by atoms with van der Waals surface area (Å²) < 4.78 is 1.12. The van der Waals surface area contributed by atoms with Crippen LogP contribution in [0, 0.1) is 5.92 Å². The number of carbonyl (C=O) groups excluding carboxylic acids is 2. The van der Waals surface area contributed by atoms with Gasteiger partial charge in [0.25, 0.3) is 5.91 Å². The first-order valence-corrected chi connectivity index (χ1v) is 9.80. The van der Waals surface area contributed by atoms with Gasteiger partial charge in [0.1, 0.15) is 11.6 Å². The maximum Gasteiger partial charge on any atom is 0.349 e. The summed E-state index contributed by atoms with van der Waals surface area (Å²) >= 11 is 5.87. The van der Waals surface area contributed by atoms with Gasteiger partial charge >= 0.3 is 5.97 Å². The fourth-order valence-electron chi connectivity index (χ4n) is 2.80. The molecule has 0 radical (unpaired) electrons. The van der Waals surface area contributed by atoms with E-state index in [-0.39, 0.29) is 23.4 Å². The zero-order valence-electron chi connectivity index (χ0n) is 16.6. The average molecular weight is 428 g/mol. The molecular formula is C22H22ClN3O4. The Morgan fingerprint density at radius 2 is 1.80 bits per heavy atom. The van der Waals surface area contributed by atoms with Crippen molar-refractivity contribution in [3.8, 4) is 0 Å². The summed E-state index contributed by atoms with van der Waals surface area (Å²) in [6.45, 7) is 3.80. The lowest BCUT2D eigenvalue weighted by Gasteiger charge is -2.17. The van der Waals surface area contributed by atoms with Gasteiger partial charge in [-0.15, -0.1) is 0 Å². The molecule has 0 aliphatic rings. The van der Waals surface area contributed by atoms with E-state index in [1.54, 1.807) is 62.4 Å². The molecule has 0 bridgehead atoms. The number of aromatic nitrogens is 1. The number of amides is 1. The maximum atomic E-state index is 12.8. The van der Waals surface area contributed by atoms with E-state index in [1.165, 1.54) is 6.20 Å². The summed E-state index contributed by atoms with van der Waals surface area (Å²) in [4.78, 5) is 43.3. The number of nitrogens with two attached hydrogens (primary N) is 1. The number of nitrogens with one attached hydrogen (secondary N) is 1. The number of hydrogen-bond acceptors (Lipinski definition) is 5. The molecule has 156 valence electrons. The van der Waals surface area contributed by atoms with Crippen molar-refractivity contribution in [2.24, 2.45) is 11.7 Å². The smallest absolute Gasteiger partial charge is 0.348 e. The van der Waals surface area contributed by atoms with E-state index in [2.05, 4.69) is 5.32 Å². The number of carbonyl (C=O) groups is 2. The van der Waals surface area contributed by atoms with Gasteiger partial charge in [-0.25, -0.2) is 4.79 Å². The fraction of sp³-hybridized carbons (Fsp3) is 0.227. The van der Waals surface area contributed by atoms with E-state index in [4.69, 9.17) is 22.2 Å². The minimum atomic E-state index is -0.842. The molecule has 8 heteroatoms. The minimum Gasteiger partial charge on any atom is -0.348 e. The standard InChI is InChI=1S/C22H22ClN3O4/c1-13(2)19(24)22(29)30-26-12-17(20(27)16-5-3-4-6-18(16)26)21(28)25-11-14-7-9-15(23)10-8-14/h3-10,12-13,19H,11,24H2,1-2H3,(H,25,28)/t19-/m0/s1. The molecule has 0 unspecified atom stereocenters. The average Bonchev–Trinajstić information content (AvgIpc) is 2.74. The lowest BCUT2D eigenvalue weighted by molar-refractivity contribution is -0.146. The van der Waals surface area contributed by atoms with Crippen LogP contribution in [0.4, 0.5) is 0 Å². The Labute approximate surface area is 178 Å². The number of rotatable bonds is 6. The van der Waals surface area contributed by atoms with Crippen LogP contribution in [-0.2, 0) is 11.3 Å². The maximum absolute atomic E-state index is 12.8. The van der Waals surface area contributed by atoms with Gasteiger partial charge in [0, 0.05) is 17.0 Å². The van der Waals surface area contributed by atoms with Gasteiger partial charge in [-0.05, 0) is 35.7 Å². The summed E-state index contributed by atoms with van der Waals surface area (Å²) in [5.74, 6) is -1.38. The summed E-state index contributed by atoms with van der Waals surface area (Å²) in [6, 6.07) is 12.7. The quantitative estimate of drug-likeness (QED) is 0.629. The molecule has 0 fully saturated rings.